The third-order valence-corrected chi connectivity index (χ3v) is 3.47. The highest BCUT2D eigenvalue weighted by Gasteiger charge is 2.06. The maximum atomic E-state index is 11.8. The van der Waals surface area contributed by atoms with Gasteiger partial charge >= 0.3 is 5.97 Å². The predicted octanol–water partition coefficient (Wildman–Crippen LogP) is 3.37. The smallest absolute Gasteiger partial charge is 0.338 e. The van der Waals surface area contributed by atoms with Gasteiger partial charge in [0.25, 0.3) is 0 Å². The molecule has 0 aromatic heterocycles. The van der Waals surface area contributed by atoms with Crippen LogP contribution < -0.4 is 11.1 Å². The molecule has 0 heterocycles. The van der Waals surface area contributed by atoms with Crippen LogP contribution in [0.3, 0.4) is 0 Å². The van der Waals surface area contributed by atoms with E-state index in [0.29, 0.717) is 30.4 Å². The summed E-state index contributed by atoms with van der Waals surface area (Å²) in [7, 11) is 0. The molecular formula is C17H28N2O2. The van der Waals surface area contributed by atoms with E-state index in [2.05, 4.69) is 19.2 Å². The highest BCUT2D eigenvalue weighted by atomic mass is 16.5. The molecule has 0 aliphatic rings. The lowest BCUT2D eigenvalue weighted by Crippen LogP contribution is -2.30. The normalized spacial score (nSPS) is 12.1. The molecule has 0 fully saturated rings. The molecular weight excluding hydrogens is 264 g/mol. The third-order valence-electron chi connectivity index (χ3n) is 3.47. The third kappa shape index (κ3) is 7.71. The van der Waals surface area contributed by atoms with E-state index in [1.807, 2.05) is 0 Å². The van der Waals surface area contributed by atoms with Crippen LogP contribution in [0.5, 0.6) is 0 Å². The number of esters is 1. The van der Waals surface area contributed by atoms with E-state index in [1.54, 1.807) is 24.3 Å². The van der Waals surface area contributed by atoms with Crippen molar-refractivity contribution in [2.75, 3.05) is 18.9 Å². The number of anilines is 1. The number of hydrogen-bond acceptors (Lipinski definition) is 4. The number of nitrogens with two attached hydrogens (primary N) is 1. The number of ether oxygens (including phenoxy) is 1. The fraction of sp³-hybridized carbons (Fsp3) is 0.588. The van der Waals surface area contributed by atoms with Crippen molar-refractivity contribution in [2.24, 2.45) is 0 Å². The van der Waals surface area contributed by atoms with E-state index in [9.17, 15) is 4.79 Å². The SMILES string of the molecule is CCCCCCC(C)NCCOC(=O)c1ccc(N)cc1. The molecule has 1 aromatic rings. The summed E-state index contributed by atoms with van der Waals surface area (Å²) in [5, 5.41) is 3.38. The van der Waals surface area contributed by atoms with E-state index >= 15 is 0 Å². The second-order valence-corrected chi connectivity index (χ2v) is 5.46. The molecule has 1 unspecified atom stereocenters. The second-order valence-electron chi connectivity index (χ2n) is 5.46. The maximum Gasteiger partial charge on any atom is 0.338 e. The van der Waals surface area contributed by atoms with Crippen molar-refractivity contribution in [1.82, 2.24) is 5.32 Å². The largest absolute Gasteiger partial charge is 0.461 e. The van der Waals surface area contributed by atoms with Gasteiger partial charge in [-0.2, -0.15) is 0 Å². The molecule has 21 heavy (non-hydrogen) atoms. The van der Waals surface area contributed by atoms with E-state index in [0.717, 1.165) is 0 Å². The van der Waals surface area contributed by atoms with E-state index in [4.69, 9.17) is 10.5 Å². The summed E-state index contributed by atoms with van der Waals surface area (Å²) in [5.74, 6) is -0.299. The first-order valence-electron chi connectivity index (χ1n) is 7.89. The Labute approximate surface area is 128 Å². The number of hydrogen-bond donors (Lipinski definition) is 2. The van der Waals surface area contributed by atoms with Crippen LogP contribution in [-0.4, -0.2) is 25.2 Å². The van der Waals surface area contributed by atoms with Crippen LogP contribution in [-0.2, 0) is 4.74 Å². The van der Waals surface area contributed by atoms with Crippen LogP contribution >= 0.6 is 0 Å². The fourth-order valence-corrected chi connectivity index (χ4v) is 2.13. The Hall–Kier alpha value is -1.55. The molecule has 0 bridgehead atoms. The van der Waals surface area contributed by atoms with Gasteiger partial charge in [-0.1, -0.05) is 32.6 Å². The average Bonchev–Trinajstić information content (AvgIpc) is 2.48. The molecule has 1 aromatic carbocycles. The van der Waals surface area contributed by atoms with Crippen LogP contribution in [0, 0.1) is 0 Å². The number of rotatable bonds is 10. The average molecular weight is 292 g/mol. The fourth-order valence-electron chi connectivity index (χ4n) is 2.13. The van der Waals surface area contributed by atoms with Crippen molar-refractivity contribution < 1.29 is 9.53 Å². The first-order valence-corrected chi connectivity index (χ1v) is 7.89. The van der Waals surface area contributed by atoms with Crippen LogP contribution in [0.4, 0.5) is 5.69 Å². The minimum atomic E-state index is -0.299. The van der Waals surface area contributed by atoms with Gasteiger partial charge in [-0.25, -0.2) is 4.79 Å². The van der Waals surface area contributed by atoms with Gasteiger partial charge in [0.05, 0.1) is 5.56 Å². The highest BCUT2D eigenvalue weighted by molar-refractivity contribution is 5.89. The number of nitrogen functional groups attached to an aromatic ring is 1. The minimum absolute atomic E-state index is 0.299. The Morgan fingerprint density at radius 1 is 1.24 bits per heavy atom. The first-order chi connectivity index (χ1) is 10.1. The summed E-state index contributed by atoms with van der Waals surface area (Å²) in [5.41, 5.74) is 6.76. The Kier molecular flexibility index (Phi) is 8.51. The summed E-state index contributed by atoms with van der Waals surface area (Å²) in [6.45, 7) is 5.48. The minimum Gasteiger partial charge on any atom is -0.461 e. The number of nitrogens with one attached hydrogen (secondary N) is 1. The number of benzene rings is 1. The molecule has 118 valence electrons. The maximum absolute atomic E-state index is 11.8. The van der Waals surface area contributed by atoms with Crippen molar-refractivity contribution in [2.45, 2.75) is 52.0 Å². The van der Waals surface area contributed by atoms with Crippen LogP contribution in [0.15, 0.2) is 24.3 Å². The molecule has 4 heteroatoms. The Balaban J connectivity index is 2.10. The molecule has 0 amide bonds. The standard InChI is InChI=1S/C17H28N2O2/c1-3-4-5-6-7-14(2)19-12-13-21-17(20)15-8-10-16(18)11-9-15/h8-11,14,19H,3-7,12-13,18H2,1-2H3. The van der Waals surface area contributed by atoms with Crippen molar-refractivity contribution in [1.29, 1.82) is 0 Å². The predicted molar refractivity (Wildman–Crippen MR) is 87.4 cm³/mol. The van der Waals surface area contributed by atoms with Gasteiger partial charge in [0.15, 0.2) is 0 Å². The van der Waals surface area contributed by atoms with Crippen LogP contribution in [0.1, 0.15) is 56.3 Å². The molecule has 0 radical (unpaired) electrons. The quantitative estimate of drug-likeness (QED) is 0.394. The summed E-state index contributed by atoms with van der Waals surface area (Å²) < 4.78 is 5.22. The zero-order valence-corrected chi connectivity index (χ0v) is 13.2. The van der Waals surface area contributed by atoms with Gasteiger partial charge in [0.1, 0.15) is 6.61 Å². The zero-order chi connectivity index (χ0) is 15.5. The lowest BCUT2D eigenvalue weighted by atomic mass is 10.1. The van der Waals surface area contributed by atoms with Crippen molar-refractivity contribution >= 4 is 11.7 Å². The van der Waals surface area contributed by atoms with Gasteiger partial charge in [0.2, 0.25) is 0 Å². The summed E-state index contributed by atoms with van der Waals surface area (Å²) in [4.78, 5) is 11.8. The lowest BCUT2D eigenvalue weighted by Gasteiger charge is -2.13. The lowest BCUT2D eigenvalue weighted by molar-refractivity contribution is 0.0506. The second kappa shape index (κ2) is 10.2. The Morgan fingerprint density at radius 3 is 2.62 bits per heavy atom. The van der Waals surface area contributed by atoms with Crippen LogP contribution in [0.25, 0.3) is 0 Å². The summed E-state index contributed by atoms with van der Waals surface area (Å²) in [6, 6.07) is 7.24. The van der Waals surface area contributed by atoms with Crippen LogP contribution in [0.2, 0.25) is 0 Å². The summed E-state index contributed by atoms with van der Waals surface area (Å²) in [6.07, 6.45) is 6.31. The van der Waals surface area contributed by atoms with Gasteiger partial charge in [0, 0.05) is 18.3 Å². The number of carbonyl (C=O) groups is 1. The van der Waals surface area contributed by atoms with Crippen molar-refractivity contribution in [3.8, 4) is 0 Å². The van der Waals surface area contributed by atoms with Gasteiger partial charge in [-0.3, -0.25) is 0 Å². The molecule has 0 aliphatic carbocycles. The van der Waals surface area contributed by atoms with Crippen molar-refractivity contribution in [3.63, 3.8) is 0 Å². The monoisotopic (exact) mass is 292 g/mol. The van der Waals surface area contributed by atoms with Gasteiger partial charge in [-0.05, 0) is 37.6 Å². The topological polar surface area (TPSA) is 64.3 Å². The molecule has 1 atom stereocenters. The molecule has 1 rings (SSSR count). The van der Waals surface area contributed by atoms with Crippen molar-refractivity contribution in [3.05, 3.63) is 29.8 Å². The number of unbranched alkanes of at least 4 members (excludes halogenated alkanes) is 3. The molecule has 0 spiro atoms. The Bertz CT molecular complexity index is 404. The molecule has 0 aliphatic heterocycles. The highest BCUT2D eigenvalue weighted by Crippen LogP contribution is 2.07. The van der Waals surface area contributed by atoms with Gasteiger partial charge in [-0.15, -0.1) is 0 Å². The molecule has 4 nitrogen and oxygen atoms in total. The molecule has 0 saturated carbocycles. The number of carbonyl (C=O) groups excluding carboxylic acids is 1. The first kappa shape index (κ1) is 17.5. The van der Waals surface area contributed by atoms with E-state index < -0.39 is 0 Å². The molecule has 3 N–H and O–H groups in total. The Morgan fingerprint density at radius 2 is 1.95 bits per heavy atom. The van der Waals surface area contributed by atoms with E-state index in [-0.39, 0.29) is 5.97 Å². The zero-order valence-electron chi connectivity index (χ0n) is 13.2. The molecule has 0 saturated heterocycles. The van der Waals surface area contributed by atoms with E-state index in [1.165, 1.54) is 32.1 Å². The summed E-state index contributed by atoms with van der Waals surface area (Å²) >= 11 is 0. The van der Waals surface area contributed by atoms with Gasteiger partial charge < -0.3 is 15.8 Å².